The number of aliphatic hydroxyl groups excluding tert-OH is 1. The van der Waals surface area contributed by atoms with Crippen molar-refractivity contribution in [2.24, 2.45) is 0 Å². The summed E-state index contributed by atoms with van der Waals surface area (Å²) in [6, 6.07) is 0.0688. The van der Waals surface area contributed by atoms with Crippen LogP contribution in [0.5, 0.6) is 0 Å². The summed E-state index contributed by atoms with van der Waals surface area (Å²) in [7, 11) is 0. The molecule has 4 heteroatoms. The quantitative estimate of drug-likeness (QED) is 0.749. The third-order valence-electron chi connectivity index (χ3n) is 2.84. The largest absolute Gasteiger partial charge is 0.444 e. The van der Waals surface area contributed by atoms with Crippen molar-refractivity contribution in [2.45, 2.75) is 64.6 Å². The van der Waals surface area contributed by atoms with Crippen LogP contribution in [0.15, 0.2) is 0 Å². The van der Waals surface area contributed by atoms with Gasteiger partial charge in [0.1, 0.15) is 5.60 Å². The molecule has 1 amide bonds. The molecule has 1 heterocycles. The molecule has 0 spiro atoms. The van der Waals surface area contributed by atoms with Crippen molar-refractivity contribution in [3.63, 3.8) is 0 Å². The van der Waals surface area contributed by atoms with E-state index in [-0.39, 0.29) is 24.8 Å². The molecule has 0 saturated carbocycles. The Labute approximate surface area is 97.6 Å². The highest BCUT2D eigenvalue weighted by Gasteiger charge is 2.34. The predicted octanol–water partition coefficient (Wildman–Crippen LogP) is 2.16. The van der Waals surface area contributed by atoms with Crippen molar-refractivity contribution in [3.8, 4) is 0 Å². The van der Waals surface area contributed by atoms with Gasteiger partial charge in [-0.2, -0.15) is 0 Å². The number of piperidine rings is 1. The molecule has 1 aliphatic rings. The molecule has 0 bridgehead atoms. The van der Waals surface area contributed by atoms with Crippen LogP contribution in [-0.2, 0) is 4.74 Å². The average Bonchev–Trinajstić information content (AvgIpc) is 2.14. The number of amides is 1. The molecule has 0 aromatic carbocycles. The molecule has 4 nitrogen and oxygen atoms in total. The van der Waals surface area contributed by atoms with Gasteiger partial charge in [-0.1, -0.05) is 0 Å². The minimum absolute atomic E-state index is 0.0174. The van der Waals surface area contributed by atoms with Gasteiger partial charge in [0, 0.05) is 6.04 Å². The fourth-order valence-electron chi connectivity index (χ4n) is 2.11. The topological polar surface area (TPSA) is 49.8 Å². The lowest BCUT2D eigenvalue weighted by molar-refractivity contribution is -0.0121. The summed E-state index contributed by atoms with van der Waals surface area (Å²) in [6.07, 6.45) is 2.60. The van der Waals surface area contributed by atoms with E-state index in [1.165, 1.54) is 0 Å². The molecule has 2 unspecified atom stereocenters. The van der Waals surface area contributed by atoms with Crippen LogP contribution in [0, 0.1) is 0 Å². The van der Waals surface area contributed by atoms with Crippen LogP contribution in [0.2, 0.25) is 0 Å². The third kappa shape index (κ3) is 3.37. The molecule has 0 aliphatic carbocycles. The molecule has 2 atom stereocenters. The maximum Gasteiger partial charge on any atom is 0.410 e. The van der Waals surface area contributed by atoms with Crippen molar-refractivity contribution in [3.05, 3.63) is 0 Å². The number of rotatable bonds is 1. The Morgan fingerprint density at radius 2 is 2.06 bits per heavy atom. The van der Waals surface area contributed by atoms with Gasteiger partial charge in [-0.3, -0.25) is 0 Å². The van der Waals surface area contributed by atoms with Crippen molar-refractivity contribution >= 4 is 6.09 Å². The fourth-order valence-corrected chi connectivity index (χ4v) is 2.11. The van der Waals surface area contributed by atoms with E-state index in [0.717, 1.165) is 19.3 Å². The number of ether oxygens (including phenoxy) is 1. The van der Waals surface area contributed by atoms with E-state index in [1.807, 2.05) is 27.7 Å². The van der Waals surface area contributed by atoms with E-state index >= 15 is 0 Å². The van der Waals surface area contributed by atoms with Gasteiger partial charge >= 0.3 is 6.09 Å². The van der Waals surface area contributed by atoms with Crippen molar-refractivity contribution in [1.82, 2.24) is 4.90 Å². The summed E-state index contributed by atoms with van der Waals surface area (Å²) in [4.78, 5) is 13.7. The first kappa shape index (κ1) is 13.3. The van der Waals surface area contributed by atoms with E-state index < -0.39 is 5.60 Å². The Hall–Kier alpha value is -0.770. The van der Waals surface area contributed by atoms with Crippen LogP contribution in [0.25, 0.3) is 0 Å². The number of aliphatic hydroxyl groups is 1. The summed E-state index contributed by atoms with van der Waals surface area (Å²) in [5.74, 6) is 0. The molecule has 0 aromatic heterocycles. The number of nitrogens with zero attached hydrogens (tertiary/aromatic N) is 1. The molecule has 1 rings (SSSR count). The Bertz CT molecular complexity index is 247. The Balaban J connectivity index is 2.70. The van der Waals surface area contributed by atoms with Gasteiger partial charge in [0.05, 0.1) is 12.6 Å². The van der Waals surface area contributed by atoms with Crippen molar-refractivity contribution in [1.29, 1.82) is 0 Å². The smallest absolute Gasteiger partial charge is 0.410 e. The third-order valence-corrected chi connectivity index (χ3v) is 2.84. The first-order valence-electron chi connectivity index (χ1n) is 5.97. The normalized spacial score (nSPS) is 26.7. The number of carbonyl (C=O) groups is 1. The molecular weight excluding hydrogens is 206 g/mol. The number of hydrogen-bond acceptors (Lipinski definition) is 3. The second-order valence-electron chi connectivity index (χ2n) is 5.50. The second kappa shape index (κ2) is 5.04. The number of likely N-dealkylation sites (tertiary alicyclic amines) is 1. The second-order valence-corrected chi connectivity index (χ2v) is 5.50. The molecule has 16 heavy (non-hydrogen) atoms. The lowest BCUT2D eigenvalue weighted by atomic mass is 9.97. The lowest BCUT2D eigenvalue weighted by Gasteiger charge is -2.40. The van der Waals surface area contributed by atoms with Gasteiger partial charge in [-0.05, 0) is 47.0 Å². The summed E-state index contributed by atoms with van der Waals surface area (Å²) in [5, 5.41) is 9.28. The maximum atomic E-state index is 12.0. The van der Waals surface area contributed by atoms with Crippen LogP contribution >= 0.6 is 0 Å². The summed E-state index contributed by atoms with van der Waals surface area (Å²) in [6.45, 7) is 7.59. The molecule has 94 valence electrons. The van der Waals surface area contributed by atoms with Gasteiger partial charge in [-0.25, -0.2) is 4.79 Å². The zero-order valence-corrected chi connectivity index (χ0v) is 10.7. The zero-order valence-electron chi connectivity index (χ0n) is 10.7. The summed E-state index contributed by atoms with van der Waals surface area (Å²) in [5.41, 5.74) is -0.478. The van der Waals surface area contributed by atoms with Crippen molar-refractivity contribution < 1.29 is 14.6 Å². The summed E-state index contributed by atoms with van der Waals surface area (Å²) >= 11 is 0. The van der Waals surface area contributed by atoms with Crippen LogP contribution in [0.4, 0.5) is 4.79 Å². The first-order valence-corrected chi connectivity index (χ1v) is 5.97. The van der Waals surface area contributed by atoms with Gasteiger partial charge < -0.3 is 14.7 Å². The van der Waals surface area contributed by atoms with Crippen LogP contribution in [0.3, 0.4) is 0 Å². The zero-order chi connectivity index (χ0) is 12.3. The van der Waals surface area contributed by atoms with Crippen LogP contribution < -0.4 is 0 Å². The minimum atomic E-state index is -0.478. The van der Waals surface area contributed by atoms with Gasteiger partial charge in [0.25, 0.3) is 0 Å². The summed E-state index contributed by atoms with van der Waals surface area (Å²) < 4.78 is 5.36. The molecule has 1 fully saturated rings. The highest BCUT2D eigenvalue weighted by molar-refractivity contribution is 5.69. The van der Waals surface area contributed by atoms with Crippen molar-refractivity contribution in [2.75, 3.05) is 6.61 Å². The molecular formula is C12H23NO3. The Kier molecular flexibility index (Phi) is 4.19. The highest BCUT2D eigenvalue weighted by Crippen LogP contribution is 2.24. The number of carbonyl (C=O) groups excluding carboxylic acids is 1. The van der Waals surface area contributed by atoms with E-state index in [9.17, 15) is 9.90 Å². The van der Waals surface area contributed by atoms with Crippen LogP contribution in [0.1, 0.15) is 47.0 Å². The highest BCUT2D eigenvalue weighted by atomic mass is 16.6. The standard InChI is InChI=1S/C12H23NO3/c1-9-6-5-7-10(8-14)13(9)11(15)16-12(2,3)4/h9-10,14H,5-8H2,1-4H3. The molecule has 1 saturated heterocycles. The van der Waals surface area contributed by atoms with E-state index in [1.54, 1.807) is 4.90 Å². The SMILES string of the molecule is CC1CCCC(CO)N1C(=O)OC(C)(C)C. The molecule has 0 aromatic rings. The first-order chi connectivity index (χ1) is 7.35. The van der Waals surface area contributed by atoms with E-state index in [4.69, 9.17) is 4.74 Å². The Morgan fingerprint density at radius 1 is 1.44 bits per heavy atom. The van der Waals surface area contributed by atoms with Gasteiger partial charge in [0.2, 0.25) is 0 Å². The molecule has 1 N–H and O–H groups in total. The fraction of sp³-hybridized carbons (Fsp3) is 0.917. The van der Waals surface area contributed by atoms with Gasteiger partial charge in [-0.15, -0.1) is 0 Å². The predicted molar refractivity (Wildman–Crippen MR) is 62.3 cm³/mol. The Morgan fingerprint density at radius 3 is 2.56 bits per heavy atom. The van der Waals surface area contributed by atoms with E-state index in [2.05, 4.69) is 0 Å². The minimum Gasteiger partial charge on any atom is -0.444 e. The monoisotopic (exact) mass is 229 g/mol. The average molecular weight is 229 g/mol. The van der Waals surface area contributed by atoms with Crippen LogP contribution in [-0.4, -0.2) is 40.4 Å². The number of hydrogen-bond donors (Lipinski definition) is 1. The molecule has 1 aliphatic heterocycles. The maximum absolute atomic E-state index is 12.0. The lowest BCUT2D eigenvalue weighted by Crippen LogP contribution is -2.52. The van der Waals surface area contributed by atoms with Gasteiger partial charge in [0.15, 0.2) is 0 Å². The molecule has 0 radical (unpaired) electrons. The van der Waals surface area contributed by atoms with E-state index in [0.29, 0.717) is 0 Å².